The van der Waals surface area contributed by atoms with Crippen LogP contribution in [0.2, 0.25) is 5.02 Å². The molecule has 2 aliphatic carbocycles. The van der Waals surface area contributed by atoms with Crippen molar-refractivity contribution in [1.29, 1.82) is 0 Å². The van der Waals surface area contributed by atoms with Crippen LogP contribution in [0.25, 0.3) is 0 Å². The van der Waals surface area contributed by atoms with Gasteiger partial charge in [0.05, 0.1) is 12.7 Å². The van der Waals surface area contributed by atoms with Crippen molar-refractivity contribution in [2.75, 3.05) is 0 Å². The van der Waals surface area contributed by atoms with Gasteiger partial charge < -0.3 is 4.74 Å². The monoisotopic (exact) mass is 284 g/mol. The third kappa shape index (κ3) is 2.07. The maximum absolute atomic E-state index is 6.41. The van der Waals surface area contributed by atoms with Crippen LogP contribution in [-0.2, 0) is 11.3 Å². The Bertz CT molecular complexity index is 426. The second-order valence-electron chi connectivity index (χ2n) is 5.53. The minimum Gasteiger partial charge on any atom is -0.373 e. The Morgan fingerprint density at radius 2 is 1.94 bits per heavy atom. The molecule has 0 aliphatic heterocycles. The van der Waals surface area contributed by atoms with Crippen molar-refractivity contribution < 1.29 is 4.74 Å². The largest absolute Gasteiger partial charge is 0.373 e. The van der Waals surface area contributed by atoms with Crippen molar-refractivity contribution >= 4 is 23.2 Å². The highest BCUT2D eigenvalue weighted by molar-refractivity contribution is 6.31. The quantitative estimate of drug-likeness (QED) is 0.725. The minimum atomic E-state index is 0.267. The number of alkyl halides is 1. The smallest absolute Gasteiger partial charge is 0.0735 e. The summed E-state index contributed by atoms with van der Waals surface area (Å²) in [5.41, 5.74) is 1.34. The molecule has 0 heterocycles. The molecular formula is C15H18Cl2O. The van der Waals surface area contributed by atoms with Crippen molar-refractivity contribution in [1.82, 2.24) is 0 Å². The predicted octanol–water partition coefficient (Wildman–Crippen LogP) is 4.80. The Balaban J connectivity index is 1.63. The van der Waals surface area contributed by atoms with Crippen LogP contribution in [0.4, 0.5) is 0 Å². The summed E-state index contributed by atoms with van der Waals surface area (Å²) >= 11 is 12.6. The normalized spacial score (nSPS) is 29.4. The van der Waals surface area contributed by atoms with Crippen molar-refractivity contribution in [3.8, 4) is 0 Å². The predicted molar refractivity (Wildman–Crippen MR) is 75.2 cm³/mol. The zero-order valence-electron chi connectivity index (χ0n) is 10.4. The van der Waals surface area contributed by atoms with Crippen LogP contribution >= 0.6 is 23.2 Å². The fourth-order valence-electron chi connectivity index (χ4n) is 3.41. The molecule has 3 heteroatoms. The first-order valence-electron chi connectivity index (χ1n) is 6.71. The van der Waals surface area contributed by atoms with E-state index in [1.54, 1.807) is 0 Å². The fraction of sp³-hybridized carbons (Fsp3) is 0.600. The van der Waals surface area contributed by atoms with E-state index in [9.17, 15) is 0 Å². The molecule has 2 unspecified atom stereocenters. The highest BCUT2D eigenvalue weighted by Crippen LogP contribution is 2.57. The molecule has 0 N–H and O–H groups in total. The third-order valence-corrected chi connectivity index (χ3v) is 5.60. The Labute approximate surface area is 118 Å². The van der Waals surface area contributed by atoms with Gasteiger partial charge in [-0.2, -0.15) is 0 Å². The van der Waals surface area contributed by atoms with E-state index in [0.29, 0.717) is 18.1 Å². The summed E-state index contributed by atoms with van der Waals surface area (Å²) in [7, 11) is 0. The second-order valence-corrected chi connectivity index (χ2v) is 6.47. The van der Waals surface area contributed by atoms with Crippen molar-refractivity contribution in [3.05, 3.63) is 34.9 Å². The van der Waals surface area contributed by atoms with Crippen LogP contribution in [0.3, 0.4) is 0 Å². The van der Waals surface area contributed by atoms with E-state index in [2.05, 4.69) is 0 Å². The maximum atomic E-state index is 6.41. The van der Waals surface area contributed by atoms with Crippen LogP contribution in [-0.4, -0.2) is 11.5 Å². The number of hydrogen-bond donors (Lipinski definition) is 0. The molecule has 1 aromatic carbocycles. The van der Waals surface area contributed by atoms with Crippen molar-refractivity contribution in [3.63, 3.8) is 0 Å². The summed E-state index contributed by atoms with van der Waals surface area (Å²) in [6.45, 7) is 0.607. The number of hydrogen-bond acceptors (Lipinski definition) is 1. The van der Waals surface area contributed by atoms with Crippen LogP contribution in [0.5, 0.6) is 0 Å². The molecule has 18 heavy (non-hydrogen) atoms. The first-order valence-corrected chi connectivity index (χ1v) is 7.53. The fourth-order valence-corrected chi connectivity index (χ4v) is 4.12. The second kappa shape index (κ2) is 5.03. The number of ether oxygens (including phenoxy) is 1. The Hall–Kier alpha value is -0.240. The summed E-state index contributed by atoms with van der Waals surface area (Å²) in [5, 5.41) is 1.11. The van der Waals surface area contributed by atoms with E-state index in [-0.39, 0.29) is 5.41 Å². The van der Waals surface area contributed by atoms with Crippen molar-refractivity contribution in [2.45, 2.75) is 50.2 Å². The third-order valence-electron chi connectivity index (χ3n) is 4.62. The molecular weight excluding hydrogens is 267 g/mol. The molecule has 2 fully saturated rings. The van der Waals surface area contributed by atoms with Crippen molar-refractivity contribution in [2.24, 2.45) is 5.41 Å². The topological polar surface area (TPSA) is 9.23 Å². The molecule has 2 aliphatic rings. The van der Waals surface area contributed by atoms with E-state index in [0.717, 1.165) is 17.0 Å². The standard InChI is InChI=1S/C15H18Cl2O/c16-12-6-2-1-5-11(12)10-18-14-9-13(17)15(14)7-3-4-8-15/h1-2,5-6,13-14H,3-4,7-10H2. The zero-order chi connectivity index (χ0) is 12.6. The zero-order valence-corrected chi connectivity index (χ0v) is 11.9. The molecule has 2 atom stereocenters. The van der Waals surface area contributed by atoms with Gasteiger partial charge in [0.15, 0.2) is 0 Å². The average Bonchev–Trinajstić information content (AvgIpc) is 2.88. The van der Waals surface area contributed by atoms with Gasteiger partial charge in [0.1, 0.15) is 0 Å². The van der Waals surface area contributed by atoms with Gasteiger partial charge in [-0.05, 0) is 30.9 Å². The Kier molecular flexibility index (Phi) is 3.57. The number of benzene rings is 1. The summed E-state index contributed by atoms with van der Waals surface area (Å²) in [4.78, 5) is 0. The van der Waals surface area contributed by atoms with Gasteiger partial charge >= 0.3 is 0 Å². The van der Waals surface area contributed by atoms with Gasteiger partial charge in [0, 0.05) is 15.8 Å². The van der Waals surface area contributed by atoms with E-state index in [4.69, 9.17) is 27.9 Å². The van der Waals surface area contributed by atoms with Gasteiger partial charge in [0.2, 0.25) is 0 Å². The SMILES string of the molecule is Clc1ccccc1COC1CC(Cl)C12CCCC2. The molecule has 0 saturated heterocycles. The van der Waals surface area contributed by atoms with Crippen LogP contribution in [0, 0.1) is 5.41 Å². The van der Waals surface area contributed by atoms with Gasteiger partial charge in [-0.3, -0.25) is 0 Å². The maximum Gasteiger partial charge on any atom is 0.0735 e. The molecule has 3 rings (SSSR count). The lowest BCUT2D eigenvalue weighted by atomic mass is 9.64. The number of halogens is 2. The van der Waals surface area contributed by atoms with Crippen LogP contribution in [0.1, 0.15) is 37.7 Å². The molecule has 0 radical (unpaired) electrons. The van der Waals surface area contributed by atoms with E-state index in [1.165, 1.54) is 25.7 Å². The highest BCUT2D eigenvalue weighted by atomic mass is 35.5. The lowest BCUT2D eigenvalue weighted by Gasteiger charge is -2.51. The molecule has 0 aromatic heterocycles. The summed E-state index contributed by atoms with van der Waals surface area (Å²) in [5.74, 6) is 0. The lowest BCUT2D eigenvalue weighted by Crippen LogP contribution is -2.54. The van der Waals surface area contributed by atoms with Crippen LogP contribution in [0.15, 0.2) is 24.3 Å². The Morgan fingerprint density at radius 3 is 2.61 bits per heavy atom. The first-order chi connectivity index (χ1) is 8.72. The molecule has 0 bridgehead atoms. The van der Waals surface area contributed by atoms with Gasteiger partial charge in [-0.1, -0.05) is 42.6 Å². The Morgan fingerprint density at radius 1 is 1.22 bits per heavy atom. The molecule has 0 amide bonds. The molecule has 1 spiro atoms. The minimum absolute atomic E-state index is 0.267. The van der Waals surface area contributed by atoms with Crippen LogP contribution < -0.4 is 0 Å². The lowest BCUT2D eigenvalue weighted by molar-refractivity contribution is -0.112. The average molecular weight is 285 g/mol. The van der Waals surface area contributed by atoms with E-state index < -0.39 is 0 Å². The summed E-state index contributed by atoms with van der Waals surface area (Å²) < 4.78 is 6.08. The highest BCUT2D eigenvalue weighted by Gasteiger charge is 2.55. The van der Waals surface area contributed by atoms with Gasteiger partial charge in [-0.25, -0.2) is 0 Å². The summed E-state index contributed by atoms with van der Waals surface area (Å²) in [6, 6.07) is 7.89. The number of rotatable bonds is 3. The molecule has 2 saturated carbocycles. The van der Waals surface area contributed by atoms with Gasteiger partial charge in [-0.15, -0.1) is 11.6 Å². The van der Waals surface area contributed by atoms with E-state index in [1.807, 2.05) is 24.3 Å². The van der Waals surface area contributed by atoms with Gasteiger partial charge in [0.25, 0.3) is 0 Å². The molecule has 1 aromatic rings. The first kappa shape index (κ1) is 12.8. The summed E-state index contributed by atoms with van der Waals surface area (Å²) in [6.07, 6.45) is 6.39. The molecule has 98 valence electrons. The molecule has 1 nitrogen and oxygen atoms in total. The van der Waals surface area contributed by atoms with E-state index >= 15 is 0 Å².